The first-order chi connectivity index (χ1) is 17.2. The zero-order valence-electron chi connectivity index (χ0n) is 20.5. The van der Waals surface area contributed by atoms with Gasteiger partial charge in [-0.05, 0) is 56.7 Å². The summed E-state index contributed by atoms with van der Waals surface area (Å²) in [6.45, 7) is 5.81. The molecular formula is C26H26BrN5O4. The molecule has 0 fully saturated rings. The van der Waals surface area contributed by atoms with Gasteiger partial charge in [-0.15, -0.1) is 0 Å². The van der Waals surface area contributed by atoms with Crippen molar-refractivity contribution in [2.45, 2.75) is 40.0 Å². The van der Waals surface area contributed by atoms with E-state index in [0.29, 0.717) is 34.6 Å². The summed E-state index contributed by atoms with van der Waals surface area (Å²) in [6.07, 6.45) is 4.06. The second kappa shape index (κ2) is 10.4. The number of aryl methyl sites for hydroxylation is 2. The number of halogens is 1. The molecule has 4 aromatic rings. The second-order valence-electron chi connectivity index (χ2n) is 8.43. The predicted octanol–water partition coefficient (Wildman–Crippen LogP) is 5.71. The molecule has 0 atom stereocenters. The topological polar surface area (TPSA) is 105 Å². The number of nitro groups is 1. The monoisotopic (exact) mass is 551 g/mol. The van der Waals surface area contributed by atoms with E-state index in [1.54, 1.807) is 29.0 Å². The Morgan fingerprint density at radius 1 is 1.19 bits per heavy atom. The maximum absolute atomic E-state index is 13.3. The normalized spacial score (nSPS) is 11.5. The van der Waals surface area contributed by atoms with E-state index in [2.05, 4.69) is 28.0 Å². The van der Waals surface area contributed by atoms with E-state index < -0.39 is 4.92 Å². The Labute approximate surface area is 216 Å². The van der Waals surface area contributed by atoms with Crippen LogP contribution in [0.15, 0.2) is 56.8 Å². The van der Waals surface area contributed by atoms with Gasteiger partial charge in [0.05, 0.1) is 35.2 Å². The molecule has 0 N–H and O–H groups in total. The minimum Gasteiger partial charge on any atom is -0.496 e. The van der Waals surface area contributed by atoms with Crippen LogP contribution in [0.4, 0.5) is 5.69 Å². The zero-order valence-corrected chi connectivity index (χ0v) is 22.1. The SMILES string of the molecule is CCCCc1nc2ccc(Br)cc2c(=O)n1N=Cc1cc(C)n(-c2ccc(OC)cc2[N+](=O)[O-])c1C. The highest BCUT2D eigenvalue weighted by Gasteiger charge is 2.20. The maximum Gasteiger partial charge on any atom is 0.296 e. The second-order valence-corrected chi connectivity index (χ2v) is 9.34. The third-order valence-corrected chi connectivity index (χ3v) is 6.53. The number of methoxy groups -OCH3 is 1. The number of aromatic nitrogens is 3. The molecule has 0 bridgehead atoms. The van der Waals surface area contributed by atoms with Gasteiger partial charge >= 0.3 is 0 Å². The van der Waals surface area contributed by atoms with Crippen molar-refractivity contribution in [2.75, 3.05) is 7.11 Å². The number of nitro benzene ring substituents is 1. The average Bonchev–Trinajstić information content (AvgIpc) is 3.14. The molecule has 2 aromatic carbocycles. The Bertz CT molecular complexity index is 1550. The molecule has 10 heteroatoms. The van der Waals surface area contributed by atoms with Crippen molar-refractivity contribution in [1.29, 1.82) is 0 Å². The fraction of sp³-hybridized carbons (Fsp3) is 0.269. The van der Waals surface area contributed by atoms with Gasteiger partial charge in [0.25, 0.3) is 11.2 Å². The van der Waals surface area contributed by atoms with Gasteiger partial charge in [0, 0.05) is 27.8 Å². The van der Waals surface area contributed by atoms with E-state index in [1.807, 2.05) is 32.0 Å². The number of benzene rings is 2. The van der Waals surface area contributed by atoms with Gasteiger partial charge in [-0.2, -0.15) is 9.78 Å². The lowest BCUT2D eigenvalue weighted by Gasteiger charge is -2.11. The van der Waals surface area contributed by atoms with Gasteiger partial charge in [-0.3, -0.25) is 14.9 Å². The van der Waals surface area contributed by atoms with Crippen LogP contribution >= 0.6 is 15.9 Å². The summed E-state index contributed by atoms with van der Waals surface area (Å²) in [7, 11) is 1.47. The molecular weight excluding hydrogens is 526 g/mol. The van der Waals surface area contributed by atoms with E-state index in [0.717, 1.165) is 34.3 Å². The molecule has 9 nitrogen and oxygen atoms in total. The van der Waals surface area contributed by atoms with Gasteiger partial charge in [0.2, 0.25) is 0 Å². The number of ether oxygens (including phenoxy) is 1. The van der Waals surface area contributed by atoms with Crippen LogP contribution in [0.3, 0.4) is 0 Å². The lowest BCUT2D eigenvalue weighted by molar-refractivity contribution is -0.384. The molecule has 0 amide bonds. The van der Waals surface area contributed by atoms with Gasteiger partial charge in [-0.25, -0.2) is 4.98 Å². The van der Waals surface area contributed by atoms with Gasteiger partial charge in [-0.1, -0.05) is 29.3 Å². The predicted molar refractivity (Wildman–Crippen MR) is 144 cm³/mol. The molecule has 0 aliphatic heterocycles. The van der Waals surface area contributed by atoms with Crippen LogP contribution in [0.2, 0.25) is 0 Å². The van der Waals surface area contributed by atoms with Crippen LogP contribution in [0.1, 0.15) is 42.5 Å². The first-order valence-corrected chi connectivity index (χ1v) is 12.3. The van der Waals surface area contributed by atoms with Crippen LogP contribution in [0.25, 0.3) is 16.6 Å². The highest BCUT2D eigenvalue weighted by molar-refractivity contribution is 9.10. The van der Waals surface area contributed by atoms with Gasteiger partial charge < -0.3 is 9.30 Å². The Balaban J connectivity index is 1.83. The molecule has 2 aromatic heterocycles. The molecule has 4 rings (SSSR count). The summed E-state index contributed by atoms with van der Waals surface area (Å²) in [5.74, 6) is 0.997. The number of nitrogens with zero attached hydrogens (tertiary/aromatic N) is 5. The van der Waals surface area contributed by atoms with Crippen LogP contribution in [0, 0.1) is 24.0 Å². The van der Waals surface area contributed by atoms with E-state index >= 15 is 0 Å². The summed E-state index contributed by atoms with van der Waals surface area (Å²) in [5.41, 5.74) is 3.02. The lowest BCUT2D eigenvalue weighted by atomic mass is 10.2. The first kappa shape index (κ1) is 25.3. The fourth-order valence-electron chi connectivity index (χ4n) is 4.19. The van der Waals surface area contributed by atoms with Crippen molar-refractivity contribution in [3.8, 4) is 11.4 Å². The van der Waals surface area contributed by atoms with Crippen molar-refractivity contribution in [3.05, 3.63) is 90.2 Å². The summed E-state index contributed by atoms with van der Waals surface area (Å²) in [4.78, 5) is 29.4. The number of hydrogen-bond acceptors (Lipinski definition) is 6. The summed E-state index contributed by atoms with van der Waals surface area (Å²) >= 11 is 3.42. The Morgan fingerprint density at radius 2 is 1.97 bits per heavy atom. The minimum absolute atomic E-state index is 0.0676. The lowest BCUT2D eigenvalue weighted by Crippen LogP contribution is -2.22. The average molecular weight is 552 g/mol. The molecule has 36 heavy (non-hydrogen) atoms. The molecule has 0 saturated heterocycles. The number of unbranched alkanes of at least 4 members (excludes halogenated alkanes) is 1. The van der Waals surface area contributed by atoms with Gasteiger partial charge in [0.15, 0.2) is 0 Å². The summed E-state index contributed by atoms with van der Waals surface area (Å²) in [5, 5.41) is 16.8. The molecule has 0 aliphatic rings. The zero-order chi connectivity index (χ0) is 26.0. The maximum atomic E-state index is 13.3. The third kappa shape index (κ3) is 4.81. The molecule has 186 valence electrons. The van der Waals surface area contributed by atoms with Crippen molar-refractivity contribution >= 4 is 38.7 Å². The van der Waals surface area contributed by atoms with Crippen LogP contribution in [-0.2, 0) is 6.42 Å². The highest BCUT2D eigenvalue weighted by Crippen LogP contribution is 2.31. The molecule has 0 aliphatic carbocycles. The quantitative estimate of drug-likeness (QED) is 0.158. The van der Waals surface area contributed by atoms with E-state index in [-0.39, 0.29) is 11.2 Å². The van der Waals surface area contributed by atoms with E-state index in [1.165, 1.54) is 17.9 Å². The highest BCUT2D eigenvalue weighted by atomic mass is 79.9. The van der Waals surface area contributed by atoms with Crippen molar-refractivity contribution < 1.29 is 9.66 Å². The molecule has 0 radical (unpaired) electrons. The number of fused-ring (bicyclic) bond motifs is 1. The Morgan fingerprint density at radius 3 is 2.67 bits per heavy atom. The third-order valence-electron chi connectivity index (χ3n) is 6.03. The number of hydrogen-bond donors (Lipinski definition) is 0. The minimum atomic E-state index is -0.428. The molecule has 0 saturated carbocycles. The Kier molecular flexibility index (Phi) is 7.35. The van der Waals surface area contributed by atoms with E-state index in [9.17, 15) is 14.9 Å². The summed E-state index contributed by atoms with van der Waals surface area (Å²) in [6, 6.07) is 12.1. The van der Waals surface area contributed by atoms with Crippen molar-refractivity contribution in [1.82, 2.24) is 14.2 Å². The smallest absolute Gasteiger partial charge is 0.296 e. The molecule has 0 spiro atoms. The Hall–Kier alpha value is -3.79. The number of rotatable bonds is 8. The largest absolute Gasteiger partial charge is 0.496 e. The van der Waals surface area contributed by atoms with Crippen LogP contribution < -0.4 is 10.3 Å². The first-order valence-electron chi connectivity index (χ1n) is 11.5. The van der Waals surface area contributed by atoms with Crippen LogP contribution in [0.5, 0.6) is 5.75 Å². The molecule has 0 unspecified atom stereocenters. The van der Waals surface area contributed by atoms with Gasteiger partial charge in [0.1, 0.15) is 17.3 Å². The summed E-state index contributed by atoms with van der Waals surface area (Å²) < 4.78 is 9.10. The van der Waals surface area contributed by atoms with Crippen molar-refractivity contribution in [2.24, 2.45) is 5.10 Å². The fourth-order valence-corrected chi connectivity index (χ4v) is 4.55. The van der Waals surface area contributed by atoms with E-state index in [4.69, 9.17) is 9.72 Å². The standard InChI is InChI=1S/C26H26BrN5O4/c1-5-6-7-25-29-22-10-8-19(27)13-21(22)26(33)31(25)28-15-18-12-16(2)30(17(18)3)23-11-9-20(36-4)14-24(23)32(34)35/h8-15H,5-7H2,1-4H3. The van der Waals surface area contributed by atoms with Crippen LogP contribution in [-0.4, -0.2) is 32.5 Å². The molecule has 2 heterocycles. The van der Waals surface area contributed by atoms with Crippen molar-refractivity contribution in [3.63, 3.8) is 0 Å².